The van der Waals surface area contributed by atoms with Crippen molar-refractivity contribution in [3.8, 4) is 11.8 Å². The molecule has 1 aromatic rings. The van der Waals surface area contributed by atoms with E-state index < -0.39 is 46.7 Å². The van der Waals surface area contributed by atoms with E-state index in [9.17, 15) is 26.7 Å². The van der Waals surface area contributed by atoms with Crippen LogP contribution in [-0.2, 0) is 15.1 Å². The van der Waals surface area contributed by atoms with Gasteiger partial charge >= 0.3 is 6.18 Å². The van der Waals surface area contributed by atoms with Gasteiger partial charge in [-0.2, -0.15) is 13.2 Å². The second-order valence-corrected chi connectivity index (χ2v) is 6.01. The first-order valence-corrected chi connectivity index (χ1v) is 7.76. The maximum atomic E-state index is 14.4. The molecular weight excluding hydrogens is 345 g/mol. The molecule has 2 atom stereocenters. The van der Waals surface area contributed by atoms with Crippen molar-refractivity contribution >= 4 is 11.6 Å². The number of carbonyl (C=O) groups excluding carboxylic acids is 1. The molecule has 1 heterocycles. The molecule has 1 amide bonds. The van der Waals surface area contributed by atoms with Gasteiger partial charge in [-0.1, -0.05) is 18.8 Å². The lowest BCUT2D eigenvalue weighted by Gasteiger charge is -2.32. The number of ether oxygens (including phenoxy) is 1. The van der Waals surface area contributed by atoms with Gasteiger partial charge in [-0.25, -0.2) is 8.78 Å². The summed E-state index contributed by atoms with van der Waals surface area (Å²) in [4.78, 5) is 12.1. The summed E-state index contributed by atoms with van der Waals surface area (Å²) in [5, 5.41) is 2.18. The van der Waals surface area contributed by atoms with Crippen molar-refractivity contribution in [2.75, 3.05) is 5.32 Å². The van der Waals surface area contributed by atoms with Crippen LogP contribution in [0.3, 0.4) is 0 Å². The van der Waals surface area contributed by atoms with Gasteiger partial charge in [0.25, 0.3) is 11.5 Å². The fraction of sp³-hybridized carbons (Fsp3) is 0.471. The maximum Gasteiger partial charge on any atom is 0.433 e. The summed E-state index contributed by atoms with van der Waals surface area (Å²) in [6.07, 6.45) is -5.52. The molecule has 0 saturated heterocycles. The molecule has 0 aromatic heterocycles. The Morgan fingerprint density at radius 1 is 1.32 bits per heavy atom. The van der Waals surface area contributed by atoms with Crippen LogP contribution in [-0.4, -0.2) is 18.2 Å². The van der Waals surface area contributed by atoms with Gasteiger partial charge in [0.15, 0.2) is 11.6 Å². The molecule has 1 fully saturated rings. The van der Waals surface area contributed by atoms with E-state index >= 15 is 0 Å². The molecule has 0 spiro atoms. The Bertz CT molecular complexity index is 776. The Hall–Kier alpha value is -2.14. The molecule has 3 nitrogen and oxygen atoms in total. The standard InChI is InChI=1S/C17H14F5NO2/c1-2-12-15(24)23-11-6-5-10(18)14(19)13(11)16(25-12,17(20,21)22)8-7-9-3-4-9/h5-6,9,12H,2-4H2,1H3,(H,23,24)/t12-,16-/m0/s1. The van der Waals surface area contributed by atoms with Gasteiger partial charge in [-0.15, -0.1) is 0 Å². The second-order valence-electron chi connectivity index (χ2n) is 6.01. The van der Waals surface area contributed by atoms with E-state index in [1.807, 2.05) is 5.92 Å². The topological polar surface area (TPSA) is 38.3 Å². The van der Waals surface area contributed by atoms with Crippen LogP contribution in [0, 0.1) is 29.4 Å². The highest BCUT2D eigenvalue weighted by Gasteiger charge is 2.62. The number of benzene rings is 1. The molecule has 3 rings (SSSR count). The highest BCUT2D eigenvalue weighted by Crippen LogP contribution is 2.49. The van der Waals surface area contributed by atoms with Gasteiger partial charge in [0.1, 0.15) is 6.10 Å². The zero-order valence-electron chi connectivity index (χ0n) is 13.1. The molecule has 134 valence electrons. The smallest absolute Gasteiger partial charge is 0.337 e. The first-order valence-electron chi connectivity index (χ1n) is 7.76. The van der Waals surface area contributed by atoms with Gasteiger partial charge < -0.3 is 10.1 Å². The van der Waals surface area contributed by atoms with Crippen LogP contribution in [0.25, 0.3) is 0 Å². The molecule has 1 saturated carbocycles. The van der Waals surface area contributed by atoms with Gasteiger partial charge in [0.2, 0.25) is 0 Å². The average Bonchev–Trinajstić information content (AvgIpc) is 3.35. The predicted octanol–water partition coefficient (Wildman–Crippen LogP) is 3.88. The SMILES string of the molecule is CC[C@@H]1O[C@](C#CC2CC2)(C(F)(F)F)c2c(ccc(F)c2F)NC1=O. The molecule has 8 heteroatoms. The lowest BCUT2D eigenvalue weighted by molar-refractivity contribution is -0.269. The maximum absolute atomic E-state index is 14.4. The summed E-state index contributed by atoms with van der Waals surface area (Å²) in [6.45, 7) is 1.45. The summed E-state index contributed by atoms with van der Waals surface area (Å²) in [7, 11) is 0. The predicted molar refractivity (Wildman–Crippen MR) is 78.4 cm³/mol. The first kappa shape index (κ1) is 17.7. The van der Waals surface area contributed by atoms with Crippen molar-refractivity contribution in [2.45, 2.75) is 44.1 Å². The number of carbonyl (C=O) groups is 1. The van der Waals surface area contributed by atoms with E-state index in [0.29, 0.717) is 18.9 Å². The molecule has 1 aliphatic carbocycles. The van der Waals surface area contributed by atoms with Crippen molar-refractivity contribution in [3.05, 3.63) is 29.3 Å². The van der Waals surface area contributed by atoms with Gasteiger partial charge in [-0.05, 0) is 31.4 Å². The third-order valence-electron chi connectivity index (χ3n) is 4.12. The largest absolute Gasteiger partial charge is 0.433 e. The molecule has 1 N–H and O–H groups in total. The van der Waals surface area contributed by atoms with E-state index in [1.54, 1.807) is 0 Å². The minimum atomic E-state index is -5.18. The Morgan fingerprint density at radius 2 is 2.00 bits per heavy atom. The number of rotatable bonds is 1. The Labute approximate surface area is 140 Å². The van der Waals surface area contributed by atoms with Crippen molar-refractivity contribution < 1.29 is 31.5 Å². The van der Waals surface area contributed by atoms with Crippen LogP contribution < -0.4 is 5.32 Å². The fourth-order valence-corrected chi connectivity index (χ4v) is 2.61. The van der Waals surface area contributed by atoms with Gasteiger partial charge in [0.05, 0.1) is 11.3 Å². The van der Waals surface area contributed by atoms with E-state index in [2.05, 4.69) is 11.2 Å². The summed E-state index contributed by atoms with van der Waals surface area (Å²) in [6, 6.07) is 1.53. The number of fused-ring (bicyclic) bond motifs is 1. The molecule has 0 radical (unpaired) electrons. The van der Waals surface area contributed by atoms with Crippen LogP contribution in [0.2, 0.25) is 0 Å². The molecule has 0 bridgehead atoms. The Balaban J connectivity index is 2.32. The molecule has 2 aliphatic rings. The first-order chi connectivity index (χ1) is 11.7. The number of alkyl halides is 3. The van der Waals surface area contributed by atoms with Crippen LogP contribution in [0.1, 0.15) is 31.7 Å². The van der Waals surface area contributed by atoms with Gasteiger partial charge in [0, 0.05) is 5.92 Å². The van der Waals surface area contributed by atoms with E-state index in [0.717, 1.165) is 6.07 Å². The van der Waals surface area contributed by atoms with Crippen LogP contribution in [0.15, 0.2) is 12.1 Å². The number of hydrogen-bond donors (Lipinski definition) is 1. The van der Waals surface area contributed by atoms with E-state index in [-0.39, 0.29) is 12.3 Å². The highest BCUT2D eigenvalue weighted by atomic mass is 19.4. The molecular formula is C17H14F5NO2. The third kappa shape index (κ3) is 2.97. The minimum absolute atomic E-state index is 0.0904. The second kappa shape index (κ2) is 5.99. The Morgan fingerprint density at radius 3 is 2.56 bits per heavy atom. The quantitative estimate of drug-likeness (QED) is 0.610. The zero-order chi connectivity index (χ0) is 18.4. The number of amides is 1. The lowest BCUT2D eigenvalue weighted by Crippen LogP contribution is -2.47. The summed E-state index contributed by atoms with van der Waals surface area (Å²) in [5.41, 5.74) is -5.06. The molecule has 0 unspecified atom stereocenters. The summed E-state index contributed by atoms with van der Waals surface area (Å²) in [5.74, 6) is 0.0907. The highest BCUT2D eigenvalue weighted by molar-refractivity contribution is 5.96. The number of anilines is 1. The van der Waals surface area contributed by atoms with Crippen LogP contribution >= 0.6 is 0 Å². The third-order valence-corrected chi connectivity index (χ3v) is 4.12. The number of halogens is 5. The van der Waals surface area contributed by atoms with Crippen molar-refractivity contribution in [3.63, 3.8) is 0 Å². The average molecular weight is 359 g/mol. The van der Waals surface area contributed by atoms with Crippen LogP contribution in [0.4, 0.5) is 27.6 Å². The minimum Gasteiger partial charge on any atom is -0.337 e. The molecule has 25 heavy (non-hydrogen) atoms. The number of nitrogens with one attached hydrogen (secondary N) is 1. The van der Waals surface area contributed by atoms with Crippen molar-refractivity contribution in [2.24, 2.45) is 5.92 Å². The van der Waals surface area contributed by atoms with Crippen LogP contribution in [0.5, 0.6) is 0 Å². The zero-order valence-corrected chi connectivity index (χ0v) is 13.1. The van der Waals surface area contributed by atoms with Crippen molar-refractivity contribution in [1.29, 1.82) is 0 Å². The summed E-state index contributed by atoms with van der Waals surface area (Å²) < 4.78 is 75.2. The monoisotopic (exact) mass is 359 g/mol. The normalized spacial score (nSPS) is 26.2. The van der Waals surface area contributed by atoms with E-state index in [1.165, 1.54) is 6.92 Å². The van der Waals surface area contributed by atoms with Gasteiger partial charge in [-0.3, -0.25) is 4.79 Å². The lowest BCUT2D eigenvalue weighted by atomic mass is 9.90. The Kier molecular flexibility index (Phi) is 4.23. The molecule has 1 aromatic carbocycles. The van der Waals surface area contributed by atoms with E-state index in [4.69, 9.17) is 4.74 Å². The molecule has 1 aliphatic heterocycles. The summed E-state index contributed by atoms with van der Waals surface area (Å²) >= 11 is 0. The number of hydrogen-bond acceptors (Lipinski definition) is 2. The van der Waals surface area contributed by atoms with Crippen molar-refractivity contribution in [1.82, 2.24) is 0 Å². The fourth-order valence-electron chi connectivity index (χ4n) is 2.61.